The van der Waals surface area contributed by atoms with E-state index in [1.165, 1.54) is 0 Å². The summed E-state index contributed by atoms with van der Waals surface area (Å²) in [5.74, 6) is -0.149. The molecule has 0 aromatic heterocycles. The van der Waals surface area contributed by atoms with Gasteiger partial charge in [0.1, 0.15) is 0 Å². The maximum absolute atomic E-state index is 11.6. The molecule has 0 aliphatic carbocycles. The molecule has 0 aliphatic heterocycles. The van der Waals surface area contributed by atoms with Gasteiger partial charge in [0.2, 0.25) is 5.91 Å². The molecule has 1 rings (SSSR count). The van der Waals surface area contributed by atoms with Gasteiger partial charge in [-0.15, -0.1) is 0 Å². The van der Waals surface area contributed by atoms with Crippen LogP contribution in [-0.4, -0.2) is 11.9 Å². The fourth-order valence-corrected chi connectivity index (χ4v) is 1.49. The molecule has 0 unspecified atom stereocenters. The summed E-state index contributed by atoms with van der Waals surface area (Å²) in [6.07, 6.45) is 0.634. The van der Waals surface area contributed by atoms with Crippen molar-refractivity contribution in [3.8, 4) is 0 Å². The molecule has 1 aromatic rings. The molecule has 0 saturated carbocycles. The van der Waals surface area contributed by atoms with Crippen molar-refractivity contribution in [1.82, 2.24) is 0 Å². The van der Waals surface area contributed by atoms with Crippen LogP contribution in [0.4, 0.5) is 5.69 Å². The van der Waals surface area contributed by atoms with Crippen LogP contribution in [-0.2, 0) is 4.79 Å². The number of hydrogen-bond donors (Lipinski definition) is 2. The van der Waals surface area contributed by atoms with Gasteiger partial charge in [0.05, 0.1) is 11.7 Å². The average molecular weight is 271 g/mol. The topological polar surface area (TPSA) is 55.1 Å². The van der Waals surface area contributed by atoms with E-state index in [-0.39, 0.29) is 5.91 Å². The summed E-state index contributed by atoms with van der Waals surface area (Å²) in [5, 5.41) is 2.79. The first-order valence-corrected chi connectivity index (χ1v) is 5.66. The molecule has 1 aromatic carbocycles. The maximum atomic E-state index is 11.6. The summed E-state index contributed by atoms with van der Waals surface area (Å²) in [7, 11) is 0. The van der Waals surface area contributed by atoms with Gasteiger partial charge in [-0.3, -0.25) is 4.79 Å². The molecule has 3 N–H and O–H groups in total. The molecule has 3 nitrogen and oxygen atoms in total. The monoisotopic (exact) mass is 270 g/mol. The number of aryl methyl sites for hydroxylation is 1. The van der Waals surface area contributed by atoms with Gasteiger partial charge in [0, 0.05) is 4.47 Å². The number of nitrogens with one attached hydrogen (secondary N) is 1. The summed E-state index contributed by atoms with van der Waals surface area (Å²) in [6, 6.07) is 5.34. The van der Waals surface area contributed by atoms with Crippen molar-refractivity contribution in [2.75, 3.05) is 5.32 Å². The van der Waals surface area contributed by atoms with Crippen LogP contribution in [0.1, 0.15) is 18.9 Å². The summed E-state index contributed by atoms with van der Waals surface area (Å²) in [6.45, 7) is 3.86. The predicted molar refractivity (Wildman–Crippen MR) is 65.8 cm³/mol. The average Bonchev–Trinajstić information content (AvgIpc) is 2.22. The normalized spacial score (nSPS) is 12.3. The Morgan fingerprint density at radius 3 is 2.87 bits per heavy atom. The zero-order valence-corrected chi connectivity index (χ0v) is 10.5. The molecule has 0 aliphatic rings. The Morgan fingerprint density at radius 1 is 1.60 bits per heavy atom. The quantitative estimate of drug-likeness (QED) is 0.887. The second kappa shape index (κ2) is 5.28. The molecule has 0 radical (unpaired) electrons. The van der Waals surface area contributed by atoms with E-state index in [2.05, 4.69) is 21.2 Å². The third-order valence-electron chi connectivity index (χ3n) is 2.16. The van der Waals surface area contributed by atoms with Crippen LogP contribution in [0.25, 0.3) is 0 Å². The van der Waals surface area contributed by atoms with E-state index in [0.29, 0.717) is 6.42 Å². The highest BCUT2D eigenvalue weighted by atomic mass is 79.9. The number of nitrogens with two attached hydrogens (primary N) is 1. The van der Waals surface area contributed by atoms with Gasteiger partial charge in [-0.25, -0.2) is 0 Å². The van der Waals surface area contributed by atoms with E-state index in [0.717, 1.165) is 15.7 Å². The van der Waals surface area contributed by atoms with Crippen molar-refractivity contribution >= 4 is 27.5 Å². The molecular weight excluding hydrogens is 256 g/mol. The van der Waals surface area contributed by atoms with Crippen molar-refractivity contribution in [3.05, 3.63) is 28.2 Å². The fourth-order valence-electron chi connectivity index (χ4n) is 1.15. The number of amides is 1. The van der Waals surface area contributed by atoms with E-state index in [4.69, 9.17) is 5.73 Å². The first-order chi connectivity index (χ1) is 7.04. The van der Waals surface area contributed by atoms with Gasteiger partial charge >= 0.3 is 0 Å². The largest absolute Gasteiger partial charge is 0.324 e. The lowest BCUT2D eigenvalue weighted by Gasteiger charge is -2.11. The summed E-state index contributed by atoms with van der Waals surface area (Å²) in [4.78, 5) is 11.6. The first kappa shape index (κ1) is 12.2. The molecule has 1 amide bonds. The first-order valence-electron chi connectivity index (χ1n) is 4.87. The van der Waals surface area contributed by atoms with Crippen molar-refractivity contribution in [2.45, 2.75) is 26.3 Å². The number of benzene rings is 1. The van der Waals surface area contributed by atoms with E-state index in [9.17, 15) is 4.79 Å². The fraction of sp³-hybridized carbons (Fsp3) is 0.364. The summed E-state index contributed by atoms with van der Waals surface area (Å²) >= 11 is 3.37. The van der Waals surface area contributed by atoms with Crippen LogP contribution in [0, 0.1) is 6.92 Å². The van der Waals surface area contributed by atoms with Crippen molar-refractivity contribution in [3.63, 3.8) is 0 Å². The van der Waals surface area contributed by atoms with Crippen LogP contribution >= 0.6 is 15.9 Å². The van der Waals surface area contributed by atoms with E-state index >= 15 is 0 Å². The molecule has 4 heteroatoms. The zero-order chi connectivity index (χ0) is 11.4. The van der Waals surface area contributed by atoms with Crippen LogP contribution in [0.15, 0.2) is 22.7 Å². The molecule has 0 saturated heterocycles. The molecule has 0 spiro atoms. The smallest absolute Gasteiger partial charge is 0.241 e. The van der Waals surface area contributed by atoms with Gasteiger partial charge in [-0.2, -0.15) is 0 Å². The SMILES string of the molecule is CC[C@H](N)C(=O)Nc1cc(C)ccc1Br. The molecule has 82 valence electrons. The zero-order valence-electron chi connectivity index (χ0n) is 8.88. The second-order valence-electron chi connectivity index (χ2n) is 3.49. The van der Waals surface area contributed by atoms with Crippen LogP contribution in [0.5, 0.6) is 0 Å². The highest BCUT2D eigenvalue weighted by Gasteiger charge is 2.12. The van der Waals surface area contributed by atoms with Gasteiger partial charge in [0.25, 0.3) is 0 Å². The van der Waals surface area contributed by atoms with Crippen LogP contribution < -0.4 is 11.1 Å². The highest BCUT2D eigenvalue weighted by Crippen LogP contribution is 2.23. The lowest BCUT2D eigenvalue weighted by atomic mass is 10.2. The number of anilines is 1. The Morgan fingerprint density at radius 2 is 2.27 bits per heavy atom. The van der Waals surface area contributed by atoms with Crippen LogP contribution in [0.2, 0.25) is 0 Å². The molecule has 15 heavy (non-hydrogen) atoms. The highest BCUT2D eigenvalue weighted by molar-refractivity contribution is 9.10. The third kappa shape index (κ3) is 3.32. The molecule has 1 atom stereocenters. The number of hydrogen-bond acceptors (Lipinski definition) is 2. The minimum atomic E-state index is -0.447. The number of carbonyl (C=O) groups is 1. The maximum Gasteiger partial charge on any atom is 0.241 e. The summed E-state index contributed by atoms with van der Waals surface area (Å²) in [5.41, 5.74) is 7.49. The van der Waals surface area contributed by atoms with E-state index in [1.54, 1.807) is 0 Å². The van der Waals surface area contributed by atoms with Crippen molar-refractivity contribution in [2.24, 2.45) is 5.73 Å². The van der Waals surface area contributed by atoms with Crippen molar-refractivity contribution in [1.29, 1.82) is 0 Å². The predicted octanol–water partition coefficient (Wildman–Crippen LogP) is 2.43. The number of rotatable bonds is 3. The molecule has 0 bridgehead atoms. The Bertz CT molecular complexity index is 366. The van der Waals surface area contributed by atoms with Gasteiger partial charge in [0.15, 0.2) is 0 Å². The standard InChI is InChI=1S/C11H15BrN2O/c1-3-9(13)11(15)14-10-6-7(2)4-5-8(10)12/h4-6,9H,3,13H2,1-2H3,(H,14,15)/t9-/m0/s1. The van der Waals surface area contributed by atoms with E-state index < -0.39 is 6.04 Å². The van der Waals surface area contributed by atoms with Crippen molar-refractivity contribution < 1.29 is 4.79 Å². The lowest BCUT2D eigenvalue weighted by Crippen LogP contribution is -2.34. The number of halogens is 1. The summed E-state index contributed by atoms with van der Waals surface area (Å²) < 4.78 is 0.866. The second-order valence-corrected chi connectivity index (χ2v) is 4.34. The van der Waals surface area contributed by atoms with Crippen LogP contribution in [0.3, 0.4) is 0 Å². The lowest BCUT2D eigenvalue weighted by molar-refractivity contribution is -0.117. The minimum Gasteiger partial charge on any atom is -0.324 e. The van der Waals surface area contributed by atoms with Gasteiger partial charge in [-0.05, 0) is 47.0 Å². The van der Waals surface area contributed by atoms with E-state index in [1.807, 2.05) is 32.0 Å². The Labute approximate surface area is 98.2 Å². The molecule has 0 heterocycles. The Kier molecular flexibility index (Phi) is 4.29. The molecular formula is C11H15BrN2O. The molecule has 0 fully saturated rings. The minimum absolute atomic E-state index is 0.149. The number of carbonyl (C=O) groups excluding carboxylic acids is 1. The Hall–Kier alpha value is -0.870. The van der Waals surface area contributed by atoms with Gasteiger partial charge < -0.3 is 11.1 Å². The third-order valence-corrected chi connectivity index (χ3v) is 2.85. The Balaban J connectivity index is 2.80. The van der Waals surface area contributed by atoms with Gasteiger partial charge in [-0.1, -0.05) is 13.0 Å².